The number of hydrogen-bond donors (Lipinski definition) is 1. The van der Waals surface area contributed by atoms with E-state index in [0.29, 0.717) is 43.8 Å². The van der Waals surface area contributed by atoms with Gasteiger partial charge >= 0.3 is 12.1 Å². The van der Waals surface area contributed by atoms with Crippen LogP contribution < -0.4 is 4.74 Å². The van der Waals surface area contributed by atoms with E-state index in [1.165, 1.54) is 17.0 Å². The smallest absolute Gasteiger partial charge is 0.416 e. The van der Waals surface area contributed by atoms with Crippen LogP contribution >= 0.6 is 23.2 Å². The largest absolute Gasteiger partial charge is 0.461 e. The van der Waals surface area contributed by atoms with E-state index in [2.05, 4.69) is 4.98 Å². The van der Waals surface area contributed by atoms with Crippen molar-refractivity contribution in [2.24, 2.45) is 5.92 Å². The molecule has 12 heteroatoms. The SMILES string of the molecule is O=C(OCc1ccccc1)C1CCCN(C(=O)[C@@H]2CCCN2C(=O)[C@H]2Cc3c([nH]c4ccccc34)CN2C(=O)Oc2ccc(Cl)c(Cl)c2)C1. The van der Waals surface area contributed by atoms with E-state index in [-0.39, 0.29) is 54.7 Å². The van der Waals surface area contributed by atoms with Crippen LogP contribution in [0.25, 0.3) is 10.9 Å². The Morgan fingerprint density at radius 1 is 0.816 bits per heavy atom. The molecule has 1 unspecified atom stereocenters. The minimum atomic E-state index is -0.905. The van der Waals surface area contributed by atoms with Crippen LogP contribution in [0.4, 0.5) is 4.79 Å². The lowest BCUT2D eigenvalue weighted by atomic mass is 9.95. The van der Waals surface area contributed by atoms with Crippen LogP contribution in [-0.4, -0.2) is 75.3 Å². The van der Waals surface area contributed by atoms with E-state index in [9.17, 15) is 19.2 Å². The van der Waals surface area contributed by atoms with Crippen LogP contribution in [0.3, 0.4) is 0 Å². The third-order valence-electron chi connectivity index (χ3n) is 9.73. The Morgan fingerprint density at radius 3 is 2.41 bits per heavy atom. The molecule has 254 valence electrons. The average molecular weight is 704 g/mol. The lowest BCUT2D eigenvalue weighted by Gasteiger charge is -2.39. The molecule has 3 aromatic carbocycles. The van der Waals surface area contributed by atoms with Crippen molar-refractivity contribution in [1.29, 1.82) is 0 Å². The van der Waals surface area contributed by atoms with Gasteiger partial charge in [-0.15, -0.1) is 0 Å². The molecule has 1 aromatic heterocycles. The molecule has 0 spiro atoms. The second kappa shape index (κ2) is 14.1. The molecule has 0 aliphatic carbocycles. The second-order valence-electron chi connectivity index (χ2n) is 12.8. The van der Waals surface area contributed by atoms with Crippen molar-refractivity contribution >= 4 is 58.0 Å². The van der Waals surface area contributed by atoms with Gasteiger partial charge in [-0.25, -0.2) is 4.79 Å². The maximum absolute atomic E-state index is 14.5. The fraction of sp³-hybridized carbons (Fsp3) is 0.351. The molecule has 3 aliphatic rings. The standard InChI is InChI=1S/C37H36Cl2N4O6/c38-28-15-14-25(18-29(28)39)49-37(47)43-21-31-27(26-11-4-5-12-30(26)40-31)19-33(43)35(45)42-17-7-13-32(42)34(44)41-16-6-10-24(20-41)36(46)48-22-23-8-2-1-3-9-23/h1-5,8-9,11-12,14-15,18,24,32-33,40H,6-7,10,13,16-17,19-22H2/t24?,32-,33+/m0/s1. The molecule has 10 nitrogen and oxygen atoms in total. The normalized spacial score (nSPS) is 20.6. The average Bonchev–Trinajstić information content (AvgIpc) is 3.76. The zero-order chi connectivity index (χ0) is 34.1. The highest BCUT2D eigenvalue weighted by molar-refractivity contribution is 6.42. The monoisotopic (exact) mass is 702 g/mol. The number of H-pyrrole nitrogens is 1. The summed E-state index contributed by atoms with van der Waals surface area (Å²) < 4.78 is 11.3. The number of carbonyl (C=O) groups is 4. The lowest BCUT2D eigenvalue weighted by molar-refractivity contribution is -0.155. The van der Waals surface area contributed by atoms with Crippen molar-refractivity contribution in [3.63, 3.8) is 0 Å². The van der Waals surface area contributed by atoms with Gasteiger partial charge in [0.15, 0.2) is 0 Å². The van der Waals surface area contributed by atoms with Gasteiger partial charge in [0.2, 0.25) is 11.8 Å². The van der Waals surface area contributed by atoms with E-state index in [1.807, 2.05) is 54.6 Å². The van der Waals surface area contributed by atoms with Gasteiger partial charge < -0.3 is 24.3 Å². The summed E-state index contributed by atoms with van der Waals surface area (Å²) in [5, 5.41) is 1.54. The Kier molecular flexibility index (Phi) is 9.51. The zero-order valence-corrected chi connectivity index (χ0v) is 28.3. The van der Waals surface area contributed by atoms with Crippen molar-refractivity contribution in [3.8, 4) is 5.75 Å². The Hall–Kier alpha value is -4.54. The van der Waals surface area contributed by atoms with E-state index >= 15 is 0 Å². The fourth-order valence-electron chi connectivity index (χ4n) is 7.23. The minimum Gasteiger partial charge on any atom is -0.461 e. The van der Waals surface area contributed by atoms with Gasteiger partial charge in [-0.1, -0.05) is 71.7 Å². The van der Waals surface area contributed by atoms with Crippen molar-refractivity contribution < 1.29 is 28.7 Å². The topological polar surface area (TPSA) is 112 Å². The summed E-state index contributed by atoms with van der Waals surface area (Å²) >= 11 is 12.2. The van der Waals surface area contributed by atoms with E-state index < -0.39 is 24.1 Å². The van der Waals surface area contributed by atoms with Crippen LogP contribution in [0.15, 0.2) is 72.8 Å². The first kappa shape index (κ1) is 33.0. The van der Waals surface area contributed by atoms with Gasteiger partial charge in [0.25, 0.3) is 0 Å². The number of benzene rings is 3. The number of fused-ring (bicyclic) bond motifs is 3. The van der Waals surface area contributed by atoms with Crippen molar-refractivity contribution in [1.82, 2.24) is 19.7 Å². The highest BCUT2D eigenvalue weighted by atomic mass is 35.5. The first-order chi connectivity index (χ1) is 23.8. The summed E-state index contributed by atoms with van der Waals surface area (Å²) in [7, 11) is 0. The third-order valence-corrected chi connectivity index (χ3v) is 10.5. The molecule has 0 saturated carbocycles. The molecule has 2 fully saturated rings. The maximum Gasteiger partial charge on any atom is 0.416 e. The number of ether oxygens (including phenoxy) is 2. The minimum absolute atomic E-state index is 0.117. The number of halogens is 2. The Labute approximate surface area is 293 Å². The zero-order valence-electron chi connectivity index (χ0n) is 26.8. The summed E-state index contributed by atoms with van der Waals surface area (Å²) in [4.78, 5) is 63.4. The number of amides is 3. The highest BCUT2D eigenvalue weighted by Crippen LogP contribution is 2.34. The number of piperidine rings is 1. The molecular weight excluding hydrogens is 667 g/mol. The van der Waals surface area contributed by atoms with Crippen molar-refractivity contribution in [3.05, 3.63) is 99.7 Å². The lowest BCUT2D eigenvalue weighted by Crippen LogP contribution is -2.58. The Morgan fingerprint density at radius 2 is 1.59 bits per heavy atom. The van der Waals surface area contributed by atoms with Crippen LogP contribution in [-0.2, 0) is 38.7 Å². The van der Waals surface area contributed by atoms with Gasteiger partial charge in [0, 0.05) is 48.7 Å². The van der Waals surface area contributed by atoms with Gasteiger partial charge in [-0.3, -0.25) is 19.3 Å². The van der Waals surface area contributed by atoms with Crippen LogP contribution in [0.2, 0.25) is 10.0 Å². The fourth-order valence-corrected chi connectivity index (χ4v) is 7.51. The number of likely N-dealkylation sites (tertiary alicyclic amines) is 2. The molecule has 1 N–H and O–H groups in total. The highest BCUT2D eigenvalue weighted by Gasteiger charge is 2.45. The van der Waals surface area contributed by atoms with Gasteiger partial charge in [0.1, 0.15) is 24.4 Å². The number of para-hydroxylation sites is 1. The van der Waals surface area contributed by atoms with Gasteiger partial charge in [-0.05, 0) is 55.0 Å². The molecule has 3 aliphatic heterocycles. The molecule has 49 heavy (non-hydrogen) atoms. The number of aromatic amines is 1. The number of aromatic nitrogens is 1. The predicted molar refractivity (Wildman–Crippen MR) is 184 cm³/mol. The van der Waals surface area contributed by atoms with Gasteiger partial charge in [0.05, 0.1) is 22.5 Å². The van der Waals surface area contributed by atoms with Crippen LogP contribution in [0, 0.1) is 5.92 Å². The summed E-state index contributed by atoms with van der Waals surface area (Å²) in [6.07, 6.45) is 2.00. The third kappa shape index (κ3) is 6.85. The molecule has 0 bridgehead atoms. The maximum atomic E-state index is 14.5. The van der Waals surface area contributed by atoms with Gasteiger partial charge in [-0.2, -0.15) is 0 Å². The first-order valence-corrected chi connectivity index (χ1v) is 17.3. The first-order valence-electron chi connectivity index (χ1n) is 16.6. The number of nitrogens with one attached hydrogen (secondary N) is 1. The second-order valence-corrected chi connectivity index (χ2v) is 13.6. The number of carbonyl (C=O) groups excluding carboxylic acids is 4. The van der Waals surface area contributed by atoms with E-state index in [0.717, 1.165) is 27.7 Å². The summed E-state index contributed by atoms with van der Waals surface area (Å²) in [6, 6.07) is 20.2. The number of esters is 1. The van der Waals surface area contributed by atoms with Crippen LogP contribution in [0.5, 0.6) is 5.75 Å². The van der Waals surface area contributed by atoms with E-state index in [1.54, 1.807) is 15.9 Å². The van der Waals surface area contributed by atoms with Crippen molar-refractivity contribution in [2.75, 3.05) is 19.6 Å². The summed E-state index contributed by atoms with van der Waals surface area (Å²) in [5.74, 6) is -1.05. The molecular formula is C37H36Cl2N4O6. The number of hydrogen-bond acceptors (Lipinski definition) is 6. The number of nitrogens with zero attached hydrogens (tertiary/aromatic N) is 3. The molecule has 4 aromatic rings. The summed E-state index contributed by atoms with van der Waals surface area (Å²) in [6.45, 7) is 1.43. The molecule has 3 atom stereocenters. The molecule has 4 heterocycles. The molecule has 3 amide bonds. The molecule has 7 rings (SSSR count). The Balaban J connectivity index is 1.09. The molecule has 2 saturated heterocycles. The summed E-state index contributed by atoms with van der Waals surface area (Å²) in [5.41, 5.74) is 3.60. The Bertz CT molecular complexity index is 1900. The van der Waals surface area contributed by atoms with Crippen LogP contribution in [0.1, 0.15) is 42.5 Å². The quantitative estimate of drug-likeness (QED) is 0.234. The molecule has 0 radical (unpaired) electrons. The van der Waals surface area contributed by atoms with E-state index in [4.69, 9.17) is 32.7 Å². The number of rotatable bonds is 6. The predicted octanol–water partition coefficient (Wildman–Crippen LogP) is 6.37. The van der Waals surface area contributed by atoms with Crippen molar-refractivity contribution in [2.45, 2.75) is 57.3 Å².